The van der Waals surface area contributed by atoms with Gasteiger partial charge in [-0.2, -0.15) is 0 Å². The molecular formula is C14H18ClFN2O2. The molecule has 0 N–H and O–H groups in total. The zero-order chi connectivity index (χ0) is 14.7. The smallest absolute Gasteiger partial charge is 0.128 e. The van der Waals surface area contributed by atoms with Gasteiger partial charge in [-0.25, -0.2) is 9.37 Å². The Morgan fingerprint density at radius 3 is 2.75 bits per heavy atom. The van der Waals surface area contributed by atoms with Crippen molar-refractivity contribution in [3.05, 3.63) is 29.3 Å². The molecule has 0 radical (unpaired) electrons. The molecule has 0 aliphatic rings. The average molecular weight is 301 g/mol. The minimum Gasteiger partial charge on any atom is -0.382 e. The van der Waals surface area contributed by atoms with E-state index in [1.54, 1.807) is 27.2 Å². The number of fused-ring (bicyclic) bond motifs is 1. The van der Waals surface area contributed by atoms with Gasteiger partial charge in [0.05, 0.1) is 36.2 Å². The van der Waals surface area contributed by atoms with Gasteiger partial charge >= 0.3 is 0 Å². The molecule has 0 amide bonds. The minimum atomic E-state index is -0.261. The molecule has 0 spiro atoms. The van der Waals surface area contributed by atoms with Gasteiger partial charge in [-0.3, -0.25) is 0 Å². The van der Waals surface area contributed by atoms with E-state index in [0.717, 1.165) is 5.52 Å². The molecule has 1 aromatic heterocycles. The van der Waals surface area contributed by atoms with Gasteiger partial charge < -0.3 is 14.0 Å². The van der Waals surface area contributed by atoms with E-state index in [2.05, 4.69) is 4.98 Å². The third-order valence-electron chi connectivity index (χ3n) is 3.30. The van der Waals surface area contributed by atoms with E-state index in [1.165, 1.54) is 6.07 Å². The SMILES string of the molecule is COCC(Cn1c(CCl)nc2cc(F)c(C)cc21)OC. The predicted octanol–water partition coefficient (Wildman–Crippen LogP) is 2.88. The highest BCUT2D eigenvalue weighted by Gasteiger charge is 2.16. The third kappa shape index (κ3) is 2.95. The van der Waals surface area contributed by atoms with Gasteiger partial charge in [-0.1, -0.05) is 0 Å². The summed E-state index contributed by atoms with van der Waals surface area (Å²) in [6.07, 6.45) is -0.107. The molecule has 0 aliphatic carbocycles. The van der Waals surface area contributed by atoms with Crippen LogP contribution in [0.15, 0.2) is 12.1 Å². The number of rotatable bonds is 6. The number of halogens is 2. The van der Waals surface area contributed by atoms with Crippen molar-refractivity contribution < 1.29 is 13.9 Å². The summed E-state index contributed by atoms with van der Waals surface area (Å²) < 4.78 is 26.1. The fraction of sp³-hybridized carbons (Fsp3) is 0.500. The van der Waals surface area contributed by atoms with Crippen LogP contribution in [0.1, 0.15) is 11.4 Å². The molecular weight excluding hydrogens is 283 g/mol. The highest BCUT2D eigenvalue weighted by molar-refractivity contribution is 6.16. The van der Waals surface area contributed by atoms with Crippen molar-refractivity contribution in [3.63, 3.8) is 0 Å². The Labute approximate surface area is 122 Å². The normalized spacial score (nSPS) is 13.1. The number of methoxy groups -OCH3 is 2. The fourth-order valence-electron chi connectivity index (χ4n) is 2.19. The average Bonchev–Trinajstić information content (AvgIpc) is 2.76. The Morgan fingerprint density at radius 2 is 2.15 bits per heavy atom. The van der Waals surface area contributed by atoms with E-state index < -0.39 is 0 Å². The van der Waals surface area contributed by atoms with E-state index in [1.807, 2.05) is 4.57 Å². The summed E-state index contributed by atoms with van der Waals surface area (Å²) in [4.78, 5) is 4.38. The van der Waals surface area contributed by atoms with Crippen LogP contribution in [0, 0.1) is 12.7 Å². The molecule has 6 heteroatoms. The van der Waals surface area contributed by atoms with Crippen LogP contribution >= 0.6 is 11.6 Å². The molecule has 2 rings (SSSR count). The zero-order valence-electron chi connectivity index (χ0n) is 11.8. The summed E-state index contributed by atoms with van der Waals surface area (Å²) >= 11 is 5.94. The Balaban J connectivity index is 2.46. The topological polar surface area (TPSA) is 36.3 Å². The molecule has 2 aromatic rings. The van der Waals surface area contributed by atoms with Crippen LogP contribution in [0.3, 0.4) is 0 Å². The van der Waals surface area contributed by atoms with Crippen LogP contribution < -0.4 is 0 Å². The largest absolute Gasteiger partial charge is 0.382 e. The number of ether oxygens (including phenoxy) is 2. The summed E-state index contributed by atoms with van der Waals surface area (Å²) in [6, 6.07) is 3.22. The predicted molar refractivity (Wildman–Crippen MR) is 76.7 cm³/mol. The van der Waals surface area contributed by atoms with Gasteiger partial charge in [0.1, 0.15) is 11.6 Å². The molecule has 1 atom stereocenters. The first-order chi connectivity index (χ1) is 9.60. The lowest BCUT2D eigenvalue weighted by Crippen LogP contribution is -2.24. The zero-order valence-corrected chi connectivity index (χ0v) is 12.6. The number of hydrogen-bond donors (Lipinski definition) is 0. The second kappa shape index (κ2) is 6.52. The monoisotopic (exact) mass is 300 g/mol. The third-order valence-corrected chi connectivity index (χ3v) is 3.54. The van der Waals surface area contributed by atoms with E-state index in [4.69, 9.17) is 21.1 Å². The number of hydrogen-bond acceptors (Lipinski definition) is 3. The van der Waals surface area contributed by atoms with Crippen LogP contribution in [0.25, 0.3) is 11.0 Å². The Bertz CT molecular complexity index is 600. The summed E-state index contributed by atoms with van der Waals surface area (Å²) in [5.41, 5.74) is 2.05. The van der Waals surface area contributed by atoms with Gasteiger partial charge in [0.2, 0.25) is 0 Å². The molecule has 20 heavy (non-hydrogen) atoms. The fourth-order valence-corrected chi connectivity index (χ4v) is 2.39. The van der Waals surface area contributed by atoms with Crippen molar-refractivity contribution in [2.24, 2.45) is 0 Å². The summed E-state index contributed by atoms with van der Waals surface area (Å²) in [5.74, 6) is 0.701. The van der Waals surface area contributed by atoms with Crippen molar-refractivity contribution in [1.29, 1.82) is 0 Å². The number of imidazole rings is 1. The second-order valence-corrected chi connectivity index (χ2v) is 4.94. The van der Waals surface area contributed by atoms with Crippen LogP contribution in [-0.2, 0) is 21.9 Å². The van der Waals surface area contributed by atoms with Gasteiger partial charge in [0.25, 0.3) is 0 Å². The quantitative estimate of drug-likeness (QED) is 0.770. The standard InChI is InChI=1S/C14H18ClFN2O2/c1-9-4-13-12(5-11(9)16)17-14(6-15)18(13)7-10(20-3)8-19-2/h4-5,10H,6-8H2,1-3H3. The lowest BCUT2D eigenvalue weighted by Gasteiger charge is -2.17. The maximum Gasteiger partial charge on any atom is 0.128 e. The van der Waals surface area contributed by atoms with Gasteiger partial charge in [0.15, 0.2) is 0 Å². The van der Waals surface area contributed by atoms with E-state index in [-0.39, 0.29) is 17.8 Å². The number of alkyl halides is 1. The molecule has 0 saturated carbocycles. The molecule has 4 nitrogen and oxygen atoms in total. The molecule has 0 saturated heterocycles. The maximum absolute atomic E-state index is 13.6. The van der Waals surface area contributed by atoms with Crippen LogP contribution in [0.2, 0.25) is 0 Å². The van der Waals surface area contributed by atoms with Crippen molar-refractivity contribution in [3.8, 4) is 0 Å². The van der Waals surface area contributed by atoms with Crippen molar-refractivity contribution in [2.75, 3.05) is 20.8 Å². The van der Waals surface area contributed by atoms with Gasteiger partial charge in [-0.15, -0.1) is 11.6 Å². The van der Waals surface area contributed by atoms with Crippen molar-refractivity contribution >= 4 is 22.6 Å². The summed E-state index contributed by atoms with van der Waals surface area (Å²) in [5, 5.41) is 0. The van der Waals surface area contributed by atoms with Crippen LogP contribution in [0.5, 0.6) is 0 Å². The number of aromatic nitrogens is 2. The minimum absolute atomic E-state index is 0.107. The summed E-state index contributed by atoms with van der Waals surface area (Å²) in [6.45, 7) is 2.77. The molecule has 0 aliphatic heterocycles. The first kappa shape index (κ1) is 15.2. The van der Waals surface area contributed by atoms with Crippen molar-refractivity contribution in [1.82, 2.24) is 9.55 Å². The highest BCUT2D eigenvalue weighted by Crippen LogP contribution is 2.22. The second-order valence-electron chi connectivity index (χ2n) is 4.68. The Hall–Kier alpha value is -1.17. The first-order valence-electron chi connectivity index (χ1n) is 6.33. The van der Waals surface area contributed by atoms with Gasteiger partial charge in [0, 0.05) is 20.3 Å². The van der Waals surface area contributed by atoms with E-state index in [9.17, 15) is 4.39 Å². The van der Waals surface area contributed by atoms with Crippen LogP contribution in [0.4, 0.5) is 4.39 Å². The molecule has 0 fully saturated rings. The summed E-state index contributed by atoms with van der Waals surface area (Å²) in [7, 11) is 3.26. The molecule has 1 aromatic carbocycles. The lowest BCUT2D eigenvalue weighted by atomic mass is 10.2. The van der Waals surface area contributed by atoms with Gasteiger partial charge in [-0.05, 0) is 18.6 Å². The molecule has 1 heterocycles. The number of benzene rings is 1. The van der Waals surface area contributed by atoms with E-state index >= 15 is 0 Å². The van der Waals surface area contributed by atoms with E-state index in [0.29, 0.717) is 30.1 Å². The molecule has 0 bridgehead atoms. The lowest BCUT2D eigenvalue weighted by molar-refractivity contribution is 0.0186. The first-order valence-corrected chi connectivity index (χ1v) is 6.87. The molecule has 1 unspecified atom stereocenters. The molecule has 110 valence electrons. The Morgan fingerprint density at radius 1 is 1.40 bits per heavy atom. The highest BCUT2D eigenvalue weighted by atomic mass is 35.5. The maximum atomic E-state index is 13.6. The Kier molecular flexibility index (Phi) is 4.96. The number of aryl methyl sites for hydroxylation is 1. The number of nitrogens with zero attached hydrogens (tertiary/aromatic N) is 2. The van der Waals surface area contributed by atoms with Crippen LogP contribution in [-0.4, -0.2) is 36.5 Å². The van der Waals surface area contributed by atoms with Crippen molar-refractivity contribution in [2.45, 2.75) is 25.5 Å².